The summed E-state index contributed by atoms with van der Waals surface area (Å²) < 4.78 is 5.75. The van der Waals surface area contributed by atoms with Crippen LogP contribution in [-0.2, 0) is 9.53 Å². The smallest absolute Gasteiger partial charge is 0.240 e. The van der Waals surface area contributed by atoms with Crippen LogP contribution < -0.4 is 0 Å². The highest BCUT2D eigenvalue weighted by Gasteiger charge is 2.36. The number of hydrogen-bond acceptors (Lipinski definition) is 4. The highest BCUT2D eigenvalue weighted by Crippen LogP contribution is 2.26. The van der Waals surface area contributed by atoms with Crippen LogP contribution in [0.3, 0.4) is 0 Å². The highest BCUT2D eigenvalue weighted by molar-refractivity contribution is 8.00. The van der Waals surface area contributed by atoms with E-state index in [-0.39, 0.29) is 12.1 Å². The monoisotopic (exact) mass is 314 g/mol. The van der Waals surface area contributed by atoms with Gasteiger partial charge in [0.25, 0.3) is 0 Å². The molecule has 1 amide bonds. The average molecular weight is 314 g/mol. The fourth-order valence-corrected chi connectivity index (χ4v) is 4.40. The number of rotatable bonds is 4. The molecule has 0 aromatic rings. The molecule has 0 aromatic heterocycles. The van der Waals surface area contributed by atoms with Gasteiger partial charge >= 0.3 is 0 Å². The Balaban J connectivity index is 2.03. The first-order chi connectivity index (χ1) is 10.1. The molecule has 2 saturated heterocycles. The summed E-state index contributed by atoms with van der Waals surface area (Å²) >= 11 is 1.98. The maximum Gasteiger partial charge on any atom is 0.240 e. The van der Waals surface area contributed by atoms with Crippen molar-refractivity contribution in [1.29, 1.82) is 0 Å². The van der Waals surface area contributed by atoms with Gasteiger partial charge in [0, 0.05) is 36.7 Å². The van der Waals surface area contributed by atoms with Crippen molar-refractivity contribution < 1.29 is 9.53 Å². The van der Waals surface area contributed by atoms with Crippen LogP contribution in [0.4, 0.5) is 0 Å². The highest BCUT2D eigenvalue weighted by atomic mass is 32.2. The van der Waals surface area contributed by atoms with E-state index in [1.807, 2.05) is 11.8 Å². The zero-order valence-electron chi connectivity index (χ0n) is 13.9. The molecule has 0 bridgehead atoms. The Morgan fingerprint density at radius 1 is 1.33 bits per heavy atom. The lowest BCUT2D eigenvalue weighted by atomic mass is 10.1. The summed E-state index contributed by atoms with van der Waals surface area (Å²) in [6.45, 7) is 12.1. The summed E-state index contributed by atoms with van der Waals surface area (Å²) in [6, 6.07) is 0.369. The SMILES string of the molecule is CC[C@@H]1CN([C@H](CC)C(=O)N2CCS[C@@H](C)[C@@H]2C)CCO1. The van der Waals surface area contributed by atoms with Crippen molar-refractivity contribution >= 4 is 17.7 Å². The Bertz CT molecular complexity index is 353. The molecule has 0 unspecified atom stereocenters. The first-order valence-corrected chi connectivity index (χ1v) is 9.41. The van der Waals surface area contributed by atoms with Gasteiger partial charge in [-0.15, -0.1) is 0 Å². The zero-order valence-corrected chi connectivity index (χ0v) is 14.7. The molecule has 0 aliphatic carbocycles. The second kappa shape index (κ2) is 7.84. The summed E-state index contributed by atoms with van der Waals surface area (Å²) in [5, 5.41) is 0.535. The lowest BCUT2D eigenvalue weighted by molar-refractivity contribution is -0.142. The van der Waals surface area contributed by atoms with Crippen molar-refractivity contribution in [2.45, 2.75) is 64.0 Å². The second-order valence-electron chi connectivity index (χ2n) is 6.17. The van der Waals surface area contributed by atoms with Gasteiger partial charge in [0.05, 0.1) is 18.8 Å². The number of amides is 1. The van der Waals surface area contributed by atoms with Crippen LogP contribution in [0, 0.1) is 0 Å². The number of carbonyl (C=O) groups excluding carboxylic acids is 1. The summed E-state index contributed by atoms with van der Waals surface area (Å²) in [7, 11) is 0. The van der Waals surface area contributed by atoms with Crippen LogP contribution >= 0.6 is 11.8 Å². The number of nitrogens with zero attached hydrogens (tertiary/aromatic N) is 2. The minimum Gasteiger partial charge on any atom is -0.376 e. The Morgan fingerprint density at radius 3 is 2.76 bits per heavy atom. The molecule has 2 aliphatic rings. The summed E-state index contributed by atoms with van der Waals surface area (Å²) in [5.41, 5.74) is 0. The van der Waals surface area contributed by atoms with Gasteiger partial charge in [-0.05, 0) is 19.8 Å². The Labute approximate surface area is 133 Å². The standard InChI is InChI=1S/C16H30N2O2S/c1-5-14-11-17(7-9-20-14)15(6-2)16(19)18-8-10-21-13(4)12(18)3/h12-15H,5-11H2,1-4H3/t12-,13-,14+,15+/m0/s1. The van der Waals surface area contributed by atoms with Gasteiger partial charge in [0.2, 0.25) is 5.91 Å². The largest absolute Gasteiger partial charge is 0.376 e. The minimum atomic E-state index is 0.0284. The molecule has 4 nitrogen and oxygen atoms in total. The number of morpholine rings is 1. The Kier molecular flexibility index (Phi) is 6.38. The quantitative estimate of drug-likeness (QED) is 0.797. The van der Waals surface area contributed by atoms with E-state index in [1.165, 1.54) is 0 Å². The lowest BCUT2D eigenvalue weighted by Crippen LogP contribution is -2.58. The van der Waals surface area contributed by atoms with Gasteiger partial charge < -0.3 is 9.64 Å². The van der Waals surface area contributed by atoms with Gasteiger partial charge in [0.1, 0.15) is 0 Å². The second-order valence-corrected chi connectivity index (χ2v) is 7.65. The van der Waals surface area contributed by atoms with Crippen molar-refractivity contribution in [1.82, 2.24) is 9.80 Å². The van der Waals surface area contributed by atoms with Gasteiger partial charge in [-0.25, -0.2) is 0 Å². The van der Waals surface area contributed by atoms with Crippen molar-refractivity contribution in [2.24, 2.45) is 0 Å². The maximum absolute atomic E-state index is 13.0. The molecule has 0 aromatic carbocycles. The molecular weight excluding hydrogens is 284 g/mol. The molecule has 2 fully saturated rings. The average Bonchev–Trinajstić information content (AvgIpc) is 2.51. The van der Waals surface area contributed by atoms with Crippen LogP contribution in [0.15, 0.2) is 0 Å². The third-order valence-corrected chi connectivity index (χ3v) is 6.24. The van der Waals surface area contributed by atoms with E-state index < -0.39 is 0 Å². The van der Waals surface area contributed by atoms with Crippen LogP contribution in [0.2, 0.25) is 0 Å². The van der Waals surface area contributed by atoms with Crippen molar-refractivity contribution in [3.63, 3.8) is 0 Å². The van der Waals surface area contributed by atoms with Crippen LogP contribution in [0.25, 0.3) is 0 Å². The normalized spacial score (nSPS) is 33.0. The van der Waals surface area contributed by atoms with Gasteiger partial charge in [-0.1, -0.05) is 20.8 Å². The third kappa shape index (κ3) is 3.93. The fourth-order valence-electron chi connectivity index (χ4n) is 3.30. The first kappa shape index (κ1) is 17.1. The molecule has 2 heterocycles. The third-order valence-electron chi connectivity index (χ3n) is 4.91. The molecule has 0 radical (unpaired) electrons. The number of carbonyl (C=O) groups is 1. The topological polar surface area (TPSA) is 32.8 Å². The van der Waals surface area contributed by atoms with Crippen molar-refractivity contribution in [3.05, 3.63) is 0 Å². The molecule has 0 spiro atoms. The van der Waals surface area contributed by atoms with E-state index in [4.69, 9.17) is 4.74 Å². The van der Waals surface area contributed by atoms with Crippen molar-refractivity contribution in [2.75, 3.05) is 32.0 Å². The summed E-state index contributed by atoms with van der Waals surface area (Å²) in [5.74, 6) is 1.39. The molecule has 0 saturated carbocycles. The van der Waals surface area contributed by atoms with E-state index in [0.29, 0.717) is 17.2 Å². The molecule has 2 rings (SSSR count). The molecule has 21 heavy (non-hydrogen) atoms. The van der Waals surface area contributed by atoms with Crippen molar-refractivity contribution in [3.8, 4) is 0 Å². The van der Waals surface area contributed by atoms with E-state index in [1.54, 1.807) is 0 Å². The molecule has 2 aliphatic heterocycles. The van der Waals surface area contributed by atoms with E-state index in [2.05, 4.69) is 37.5 Å². The molecule has 0 N–H and O–H groups in total. The predicted molar refractivity (Wildman–Crippen MR) is 88.8 cm³/mol. The van der Waals surface area contributed by atoms with Gasteiger partial charge in [-0.3, -0.25) is 9.69 Å². The molecule has 122 valence electrons. The first-order valence-electron chi connectivity index (χ1n) is 8.36. The van der Waals surface area contributed by atoms with Crippen LogP contribution in [-0.4, -0.2) is 71.1 Å². The number of ether oxygens (including phenoxy) is 1. The Morgan fingerprint density at radius 2 is 2.10 bits per heavy atom. The summed E-state index contributed by atoms with van der Waals surface area (Å²) in [6.07, 6.45) is 2.20. The molecule has 4 atom stereocenters. The Hall–Kier alpha value is -0.260. The van der Waals surface area contributed by atoms with E-state index in [0.717, 1.165) is 44.8 Å². The van der Waals surface area contributed by atoms with E-state index in [9.17, 15) is 4.79 Å². The zero-order chi connectivity index (χ0) is 15.4. The number of thioether (sulfide) groups is 1. The van der Waals surface area contributed by atoms with Crippen LogP contribution in [0.5, 0.6) is 0 Å². The van der Waals surface area contributed by atoms with E-state index >= 15 is 0 Å². The maximum atomic E-state index is 13.0. The summed E-state index contributed by atoms with van der Waals surface area (Å²) in [4.78, 5) is 17.5. The van der Waals surface area contributed by atoms with Gasteiger partial charge in [0.15, 0.2) is 0 Å². The molecule has 5 heteroatoms. The fraction of sp³-hybridized carbons (Fsp3) is 0.938. The van der Waals surface area contributed by atoms with Gasteiger partial charge in [-0.2, -0.15) is 11.8 Å². The predicted octanol–water partition coefficient (Wildman–Crippen LogP) is 2.23. The minimum absolute atomic E-state index is 0.0284. The van der Waals surface area contributed by atoms with Crippen LogP contribution in [0.1, 0.15) is 40.5 Å². The number of hydrogen-bond donors (Lipinski definition) is 0. The lowest BCUT2D eigenvalue weighted by Gasteiger charge is -2.43. The molecular formula is C16H30N2O2S.